The summed E-state index contributed by atoms with van der Waals surface area (Å²) in [6, 6.07) is 16.7. The molecule has 9 rings (SSSR count). The summed E-state index contributed by atoms with van der Waals surface area (Å²) < 4.78 is 35.7. The fourth-order valence-corrected chi connectivity index (χ4v) is 7.68. The van der Waals surface area contributed by atoms with E-state index in [9.17, 15) is 30.0 Å². The number of carbonyl (C=O) groups excluding carboxylic acids is 2. The van der Waals surface area contributed by atoms with Gasteiger partial charge in [0.25, 0.3) is 0 Å². The van der Waals surface area contributed by atoms with E-state index in [0.29, 0.717) is 11.1 Å². The van der Waals surface area contributed by atoms with Gasteiger partial charge >= 0.3 is 11.9 Å². The Hall–Kier alpha value is -2.94. The third-order valence-electron chi connectivity index (χ3n) is 9.78. The Morgan fingerprint density at radius 3 is 2.14 bits per heavy atom. The Labute approximate surface area is 240 Å². The van der Waals surface area contributed by atoms with Gasteiger partial charge in [0.2, 0.25) is 0 Å². The third-order valence-corrected chi connectivity index (χ3v) is 9.78. The Morgan fingerprint density at radius 2 is 1.50 bits per heavy atom. The fraction of sp³-hybridized carbons (Fsp3) is 0.533. The molecule has 4 saturated heterocycles. The predicted octanol–water partition coefficient (Wildman–Crippen LogP) is 0.507. The summed E-state index contributed by atoms with van der Waals surface area (Å²) in [6.07, 6.45) is -8.34. The lowest BCUT2D eigenvalue weighted by molar-refractivity contribution is -0.424. The van der Waals surface area contributed by atoms with Crippen molar-refractivity contribution in [3.8, 4) is 0 Å². The molecule has 12 heteroatoms. The number of benzene rings is 2. The van der Waals surface area contributed by atoms with Gasteiger partial charge in [0.1, 0.15) is 48.8 Å². The number of esters is 2. The molecule has 0 aromatic heterocycles. The van der Waals surface area contributed by atoms with Crippen LogP contribution in [0.25, 0.3) is 0 Å². The summed E-state index contributed by atoms with van der Waals surface area (Å²) in [5.74, 6) is -3.25. The lowest BCUT2D eigenvalue weighted by atomic mass is 9.41. The molecule has 4 N–H and O–H groups in total. The van der Waals surface area contributed by atoms with E-state index in [2.05, 4.69) is 0 Å². The van der Waals surface area contributed by atoms with Crippen LogP contribution in [0.2, 0.25) is 0 Å². The molecule has 0 spiro atoms. The van der Waals surface area contributed by atoms with Crippen LogP contribution < -0.4 is 0 Å². The van der Waals surface area contributed by atoms with Crippen molar-refractivity contribution in [3.05, 3.63) is 71.8 Å². The first kappa shape index (κ1) is 27.9. The van der Waals surface area contributed by atoms with Crippen molar-refractivity contribution < 1.29 is 58.4 Å². The second-order valence-corrected chi connectivity index (χ2v) is 12.0. The van der Waals surface area contributed by atoms with Crippen molar-refractivity contribution in [3.63, 3.8) is 0 Å². The Morgan fingerprint density at radius 1 is 0.881 bits per heavy atom. The summed E-state index contributed by atoms with van der Waals surface area (Å²) in [6.45, 7) is 1.12. The quantitative estimate of drug-likeness (QED) is 0.318. The van der Waals surface area contributed by atoms with E-state index in [1.54, 1.807) is 67.6 Å². The zero-order valence-corrected chi connectivity index (χ0v) is 22.7. The van der Waals surface area contributed by atoms with Crippen LogP contribution in [0.15, 0.2) is 60.7 Å². The second-order valence-electron chi connectivity index (χ2n) is 12.0. The summed E-state index contributed by atoms with van der Waals surface area (Å²) in [4.78, 5) is 25.4. The molecule has 42 heavy (non-hydrogen) atoms. The maximum absolute atomic E-state index is 12.9. The highest BCUT2D eigenvalue weighted by atomic mass is 16.8. The number of aliphatic hydroxyl groups is 4. The van der Waals surface area contributed by atoms with E-state index in [1.165, 1.54) is 0 Å². The maximum Gasteiger partial charge on any atom is 0.338 e. The van der Waals surface area contributed by atoms with E-state index in [4.69, 9.17) is 28.4 Å². The molecule has 3 aliphatic carbocycles. The first-order valence-electron chi connectivity index (χ1n) is 13.9. The number of hydrogen-bond acceptors (Lipinski definition) is 12. The smallest absolute Gasteiger partial charge is 0.338 e. The van der Waals surface area contributed by atoms with Gasteiger partial charge in [0, 0.05) is 12.3 Å². The van der Waals surface area contributed by atoms with Crippen molar-refractivity contribution in [2.24, 2.45) is 11.3 Å². The summed E-state index contributed by atoms with van der Waals surface area (Å²) in [7, 11) is 0. The molecule has 0 amide bonds. The van der Waals surface area contributed by atoms with E-state index >= 15 is 0 Å². The molecule has 7 fully saturated rings. The largest absolute Gasteiger partial charge is 0.461 e. The highest BCUT2D eigenvalue weighted by molar-refractivity contribution is 5.89. The van der Waals surface area contributed by atoms with Gasteiger partial charge in [-0.15, -0.1) is 0 Å². The molecule has 2 aromatic rings. The third kappa shape index (κ3) is 3.70. The Kier molecular flexibility index (Phi) is 6.32. The van der Waals surface area contributed by atoms with Gasteiger partial charge in [-0.1, -0.05) is 36.4 Å². The highest BCUT2D eigenvalue weighted by Gasteiger charge is 2.94. The molecular formula is C30H32O12. The molecule has 6 bridgehead atoms. The molecule has 7 aliphatic rings. The number of aliphatic hydroxyl groups excluding tert-OH is 3. The lowest BCUT2D eigenvalue weighted by Crippen LogP contribution is -2.80. The molecule has 0 radical (unpaired) electrons. The molecule has 4 heterocycles. The lowest BCUT2D eigenvalue weighted by Gasteiger charge is -2.67. The van der Waals surface area contributed by atoms with Gasteiger partial charge in [-0.25, -0.2) is 9.59 Å². The van der Waals surface area contributed by atoms with Crippen molar-refractivity contribution in [2.75, 3.05) is 13.2 Å². The van der Waals surface area contributed by atoms with E-state index in [-0.39, 0.29) is 19.4 Å². The van der Waals surface area contributed by atoms with Gasteiger partial charge in [-0.05, 0) is 37.6 Å². The molecule has 3 saturated carbocycles. The van der Waals surface area contributed by atoms with Gasteiger partial charge in [0.15, 0.2) is 18.4 Å². The minimum absolute atomic E-state index is 0.0572. The number of rotatable bonds is 8. The van der Waals surface area contributed by atoms with Gasteiger partial charge in [0.05, 0.1) is 16.5 Å². The van der Waals surface area contributed by atoms with Crippen LogP contribution in [0.1, 0.15) is 40.5 Å². The van der Waals surface area contributed by atoms with E-state index in [0.717, 1.165) is 0 Å². The average molecular weight is 585 g/mol. The number of carbonyl (C=O) groups is 2. The number of ether oxygens (including phenoxy) is 6. The Bertz CT molecular complexity index is 1370. The second kappa shape index (κ2) is 9.53. The van der Waals surface area contributed by atoms with Crippen molar-refractivity contribution >= 4 is 11.9 Å². The molecule has 11 atom stereocenters. The first-order chi connectivity index (χ1) is 20.0. The number of hydrogen-bond donors (Lipinski definition) is 4. The summed E-state index contributed by atoms with van der Waals surface area (Å²) in [5.41, 5.74) is -2.88. The molecule has 12 nitrogen and oxygen atoms in total. The monoisotopic (exact) mass is 584 g/mol. The summed E-state index contributed by atoms with van der Waals surface area (Å²) in [5, 5.41) is 43.6. The highest BCUT2D eigenvalue weighted by Crippen LogP contribution is 2.81. The normalized spacial score (nSPS) is 44.5. The van der Waals surface area contributed by atoms with Crippen LogP contribution >= 0.6 is 0 Å². The topological polar surface area (TPSA) is 170 Å². The standard InChI is InChI=1S/C30H32O12/c1-27-14-29(36)19-12-30(27,28(19,26(41-27)42-29)15-38-24(35)17-10-6-3-7-11-17)40-25-22(33)21(32)20(31)18(39-25)13-37-23(34)16-8-4-2-5-9-16/h2-11,18-22,25-26,31-33,36H,12-15H2,1H3/t18-,19+,20-,21+,22-,25+,26+,27+,28+,29-,30-/m1/s1. The SMILES string of the molecule is C[C@@]12C[C@@]3(O)O[C@H](O1)[C@]1(COC(=O)c4ccccc4)[C@@H]3C[C@]12O[C@@H]1O[C@H](COC(=O)c2ccccc2)[C@@H](O)[C@H](O)[C@H]1O. The van der Waals surface area contributed by atoms with E-state index < -0.39 is 83.9 Å². The van der Waals surface area contributed by atoms with Crippen LogP contribution in [0.5, 0.6) is 0 Å². The Balaban J connectivity index is 1.13. The molecule has 0 unspecified atom stereocenters. The van der Waals surface area contributed by atoms with Gasteiger partial charge in [-0.2, -0.15) is 0 Å². The molecular weight excluding hydrogens is 552 g/mol. The molecule has 4 aliphatic heterocycles. The van der Waals surface area contributed by atoms with Gasteiger partial charge < -0.3 is 48.8 Å². The van der Waals surface area contributed by atoms with Crippen molar-refractivity contribution in [1.82, 2.24) is 0 Å². The zero-order valence-electron chi connectivity index (χ0n) is 22.7. The first-order valence-corrected chi connectivity index (χ1v) is 13.9. The molecule has 2 aromatic carbocycles. The zero-order chi connectivity index (χ0) is 29.5. The minimum atomic E-state index is -1.69. The van der Waals surface area contributed by atoms with Crippen LogP contribution in [0.4, 0.5) is 0 Å². The molecule has 224 valence electrons. The van der Waals surface area contributed by atoms with Crippen LogP contribution in [0, 0.1) is 11.3 Å². The van der Waals surface area contributed by atoms with Crippen LogP contribution in [0.3, 0.4) is 0 Å². The van der Waals surface area contributed by atoms with Crippen molar-refractivity contribution in [2.45, 2.75) is 73.8 Å². The van der Waals surface area contributed by atoms with Crippen molar-refractivity contribution in [1.29, 1.82) is 0 Å². The predicted molar refractivity (Wildman–Crippen MR) is 138 cm³/mol. The van der Waals surface area contributed by atoms with Gasteiger partial charge in [-0.3, -0.25) is 0 Å². The maximum atomic E-state index is 12.9. The van der Waals surface area contributed by atoms with Crippen LogP contribution in [-0.4, -0.2) is 99.6 Å². The van der Waals surface area contributed by atoms with E-state index in [1.807, 2.05) is 0 Å². The minimum Gasteiger partial charge on any atom is -0.461 e. The summed E-state index contributed by atoms with van der Waals surface area (Å²) >= 11 is 0. The fourth-order valence-electron chi connectivity index (χ4n) is 7.68. The average Bonchev–Trinajstić information content (AvgIpc) is 3.18. The van der Waals surface area contributed by atoms with Crippen LogP contribution in [-0.2, 0) is 28.4 Å².